The molecule has 0 aromatic heterocycles. The van der Waals surface area contributed by atoms with Gasteiger partial charge in [-0.1, -0.05) is 35.8 Å². The molecule has 0 saturated carbocycles. The van der Waals surface area contributed by atoms with Crippen molar-refractivity contribution in [3.63, 3.8) is 0 Å². The molecule has 2 rings (SSSR count). The Balaban J connectivity index is 2.05. The highest BCUT2D eigenvalue weighted by Crippen LogP contribution is 2.24. The Morgan fingerprint density at radius 1 is 1.15 bits per heavy atom. The lowest BCUT2D eigenvalue weighted by Gasteiger charge is -2.19. The molecule has 0 aliphatic carbocycles. The first-order valence-electron chi connectivity index (χ1n) is 8.57. The van der Waals surface area contributed by atoms with Crippen LogP contribution >= 0.6 is 15.9 Å². The number of sulfonamides is 1. The molecular weight excluding hydrogens is 432 g/mol. The van der Waals surface area contributed by atoms with Crippen molar-refractivity contribution in [2.45, 2.75) is 25.7 Å². The maximum Gasteiger partial charge on any atom is 0.262 e. The molecule has 146 valence electrons. The summed E-state index contributed by atoms with van der Waals surface area (Å²) in [5.41, 5.74) is 1.31. The third-order valence-electron chi connectivity index (χ3n) is 3.96. The number of nitrogens with one attached hydrogen (secondary N) is 1. The second-order valence-electron chi connectivity index (χ2n) is 5.86. The Morgan fingerprint density at radius 3 is 2.44 bits per heavy atom. The van der Waals surface area contributed by atoms with Crippen LogP contribution in [0.3, 0.4) is 0 Å². The summed E-state index contributed by atoms with van der Waals surface area (Å²) in [6.07, 6.45) is 0. The Labute approximate surface area is 168 Å². The van der Waals surface area contributed by atoms with Gasteiger partial charge in [0.25, 0.3) is 5.91 Å². The van der Waals surface area contributed by atoms with Crippen LogP contribution in [0, 0.1) is 6.92 Å². The minimum absolute atomic E-state index is 0.171. The molecule has 8 heteroatoms. The molecule has 2 aromatic rings. The predicted molar refractivity (Wildman–Crippen MR) is 110 cm³/mol. The molecule has 1 amide bonds. The number of anilines is 1. The molecule has 0 aliphatic rings. The zero-order valence-corrected chi connectivity index (χ0v) is 17.9. The molecule has 0 bridgehead atoms. The summed E-state index contributed by atoms with van der Waals surface area (Å²) in [6, 6.07) is 11.9. The fourth-order valence-corrected chi connectivity index (χ4v) is 4.51. The van der Waals surface area contributed by atoms with E-state index in [0.717, 1.165) is 4.47 Å². The van der Waals surface area contributed by atoms with E-state index in [1.54, 1.807) is 45.0 Å². The number of hydrogen-bond acceptors (Lipinski definition) is 4. The fraction of sp³-hybridized carbons (Fsp3) is 0.316. The van der Waals surface area contributed by atoms with E-state index in [1.807, 2.05) is 12.1 Å². The number of aryl methyl sites for hydroxylation is 1. The van der Waals surface area contributed by atoms with Gasteiger partial charge in [0.1, 0.15) is 5.75 Å². The number of nitrogens with zero attached hydrogens (tertiary/aromatic N) is 1. The van der Waals surface area contributed by atoms with Crippen molar-refractivity contribution in [2.75, 3.05) is 25.0 Å². The SMILES string of the molecule is CCN(CC)S(=O)(=O)c1ccc(OCC(=O)Nc2cccc(Br)c2)c(C)c1. The molecule has 0 radical (unpaired) electrons. The number of carbonyl (C=O) groups is 1. The van der Waals surface area contributed by atoms with E-state index in [4.69, 9.17) is 4.74 Å². The third-order valence-corrected chi connectivity index (χ3v) is 6.50. The topological polar surface area (TPSA) is 75.7 Å². The Morgan fingerprint density at radius 2 is 1.85 bits per heavy atom. The first kappa shape index (κ1) is 21.4. The molecular formula is C19H23BrN2O4S. The summed E-state index contributed by atoms with van der Waals surface area (Å²) >= 11 is 3.35. The third kappa shape index (κ3) is 5.54. The van der Waals surface area contributed by atoms with Crippen LogP contribution < -0.4 is 10.1 Å². The van der Waals surface area contributed by atoms with Crippen LogP contribution in [0.2, 0.25) is 0 Å². The van der Waals surface area contributed by atoms with Crippen molar-refractivity contribution in [1.29, 1.82) is 0 Å². The van der Waals surface area contributed by atoms with Gasteiger partial charge in [0.2, 0.25) is 10.0 Å². The number of benzene rings is 2. The number of halogens is 1. The molecule has 0 heterocycles. The molecule has 2 aromatic carbocycles. The number of amides is 1. The van der Waals surface area contributed by atoms with E-state index in [2.05, 4.69) is 21.2 Å². The maximum atomic E-state index is 12.6. The van der Waals surface area contributed by atoms with Crippen molar-refractivity contribution < 1.29 is 17.9 Å². The highest BCUT2D eigenvalue weighted by atomic mass is 79.9. The standard InChI is InChI=1S/C19H23BrN2O4S/c1-4-22(5-2)27(24,25)17-9-10-18(14(3)11-17)26-13-19(23)21-16-8-6-7-15(20)12-16/h6-12H,4-5,13H2,1-3H3,(H,21,23). The van der Waals surface area contributed by atoms with Crippen molar-refractivity contribution >= 4 is 37.5 Å². The molecule has 0 fully saturated rings. The Kier molecular flexibility index (Phi) is 7.41. The summed E-state index contributed by atoms with van der Waals surface area (Å²) in [7, 11) is -3.52. The minimum Gasteiger partial charge on any atom is -0.483 e. The lowest BCUT2D eigenvalue weighted by Crippen LogP contribution is -2.30. The quantitative estimate of drug-likeness (QED) is 0.657. The van der Waals surface area contributed by atoms with Crippen molar-refractivity contribution in [1.82, 2.24) is 4.31 Å². The Hall–Kier alpha value is -1.90. The molecule has 0 unspecified atom stereocenters. The molecule has 0 aliphatic heterocycles. The van der Waals surface area contributed by atoms with E-state index >= 15 is 0 Å². The summed E-state index contributed by atoms with van der Waals surface area (Å²) in [4.78, 5) is 12.3. The van der Waals surface area contributed by atoms with Crippen LogP contribution in [-0.4, -0.2) is 38.3 Å². The minimum atomic E-state index is -3.52. The van der Waals surface area contributed by atoms with Crippen LogP contribution in [0.25, 0.3) is 0 Å². The summed E-state index contributed by atoms with van der Waals surface area (Å²) in [6.45, 7) is 6.00. The smallest absolute Gasteiger partial charge is 0.262 e. The van der Waals surface area contributed by atoms with E-state index in [1.165, 1.54) is 10.4 Å². The number of carbonyl (C=O) groups excluding carboxylic acids is 1. The second-order valence-corrected chi connectivity index (χ2v) is 8.72. The number of hydrogen-bond donors (Lipinski definition) is 1. The van der Waals surface area contributed by atoms with E-state index in [-0.39, 0.29) is 17.4 Å². The van der Waals surface area contributed by atoms with E-state index in [0.29, 0.717) is 30.1 Å². The highest BCUT2D eigenvalue weighted by molar-refractivity contribution is 9.10. The fourth-order valence-electron chi connectivity index (χ4n) is 2.56. The van der Waals surface area contributed by atoms with Crippen LogP contribution in [0.4, 0.5) is 5.69 Å². The van der Waals surface area contributed by atoms with Crippen LogP contribution in [0.15, 0.2) is 51.8 Å². The van der Waals surface area contributed by atoms with E-state index in [9.17, 15) is 13.2 Å². The highest BCUT2D eigenvalue weighted by Gasteiger charge is 2.22. The van der Waals surface area contributed by atoms with Gasteiger partial charge in [-0.2, -0.15) is 4.31 Å². The van der Waals surface area contributed by atoms with Crippen LogP contribution in [-0.2, 0) is 14.8 Å². The van der Waals surface area contributed by atoms with Gasteiger partial charge in [-0.25, -0.2) is 8.42 Å². The largest absolute Gasteiger partial charge is 0.483 e. The van der Waals surface area contributed by atoms with Gasteiger partial charge in [0.15, 0.2) is 6.61 Å². The lowest BCUT2D eigenvalue weighted by molar-refractivity contribution is -0.118. The number of ether oxygens (including phenoxy) is 1. The normalized spacial score (nSPS) is 11.4. The average Bonchev–Trinajstić information content (AvgIpc) is 2.61. The van der Waals surface area contributed by atoms with Crippen molar-refractivity contribution in [2.24, 2.45) is 0 Å². The molecule has 1 N–H and O–H groups in total. The van der Waals surface area contributed by atoms with Crippen molar-refractivity contribution in [3.05, 3.63) is 52.5 Å². The van der Waals surface area contributed by atoms with Crippen LogP contribution in [0.1, 0.15) is 19.4 Å². The first-order chi connectivity index (χ1) is 12.8. The summed E-state index contributed by atoms with van der Waals surface area (Å²) in [5.74, 6) is 0.172. The molecule has 0 spiro atoms. The molecule has 27 heavy (non-hydrogen) atoms. The van der Waals surface area contributed by atoms with Crippen molar-refractivity contribution in [3.8, 4) is 5.75 Å². The lowest BCUT2D eigenvalue weighted by atomic mass is 10.2. The van der Waals surface area contributed by atoms with Gasteiger partial charge < -0.3 is 10.1 Å². The molecule has 6 nitrogen and oxygen atoms in total. The summed E-state index contributed by atoms with van der Waals surface area (Å²) in [5, 5.41) is 2.74. The maximum absolute atomic E-state index is 12.6. The van der Waals surface area contributed by atoms with Gasteiger partial charge in [-0.15, -0.1) is 0 Å². The first-order valence-corrected chi connectivity index (χ1v) is 10.8. The molecule has 0 atom stereocenters. The van der Waals surface area contributed by atoms with E-state index < -0.39 is 10.0 Å². The second kappa shape index (κ2) is 9.34. The average molecular weight is 455 g/mol. The predicted octanol–water partition coefficient (Wildman–Crippen LogP) is 3.81. The van der Waals surface area contributed by atoms with Gasteiger partial charge >= 0.3 is 0 Å². The Bertz CT molecular complexity index is 912. The summed E-state index contributed by atoms with van der Waals surface area (Å²) < 4.78 is 33.0. The number of rotatable bonds is 8. The monoisotopic (exact) mass is 454 g/mol. The zero-order valence-electron chi connectivity index (χ0n) is 15.5. The van der Waals surface area contributed by atoms with Gasteiger partial charge in [0, 0.05) is 23.2 Å². The zero-order chi connectivity index (χ0) is 20.0. The van der Waals surface area contributed by atoms with Crippen LogP contribution in [0.5, 0.6) is 5.75 Å². The van der Waals surface area contributed by atoms with Gasteiger partial charge in [0.05, 0.1) is 4.90 Å². The van der Waals surface area contributed by atoms with Gasteiger partial charge in [-0.3, -0.25) is 4.79 Å². The van der Waals surface area contributed by atoms with Gasteiger partial charge in [-0.05, 0) is 48.9 Å². The molecule has 0 saturated heterocycles.